The van der Waals surface area contributed by atoms with Crippen LogP contribution < -0.4 is 10.6 Å². The van der Waals surface area contributed by atoms with Gasteiger partial charge in [0.2, 0.25) is 5.95 Å². The fourth-order valence-corrected chi connectivity index (χ4v) is 5.68. The van der Waals surface area contributed by atoms with Crippen molar-refractivity contribution in [3.63, 3.8) is 0 Å². The third kappa shape index (κ3) is 4.36. The first-order valence-corrected chi connectivity index (χ1v) is 12.1. The van der Waals surface area contributed by atoms with E-state index in [4.69, 9.17) is 15.0 Å². The Labute approximate surface area is 186 Å². The average Bonchev–Trinajstić information content (AvgIpc) is 3.29. The Morgan fingerprint density at radius 3 is 2.55 bits per heavy atom. The van der Waals surface area contributed by atoms with Crippen molar-refractivity contribution in [1.29, 1.82) is 0 Å². The number of aromatic nitrogens is 4. The van der Waals surface area contributed by atoms with Crippen molar-refractivity contribution >= 4 is 33.3 Å². The summed E-state index contributed by atoms with van der Waals surface area (Å²) < 4.78 is 1.14. The number of hydrogen-bond donors (Lipinski definition) is 3. The molecular formula is C23H30N6OS. The Kier molecular flexibility index (Phi) is 5.52. The third-order valence-corrected chi connectivity index (χ3v) is 7.39. The van der Waals surface area contributed by atoms with Gasteiger partial charge in [-0.05, 0) is 70.8 Å². The van der Waals surface area contributed by atoms with Crippen LogP contribution in [-0.2, 0) is 0 Å². The number of aliphatic hydroxyl groups is 1. The lowest BCUT2D eigenvalue weighted by molar-refractivity contribution is 0.229. The summed E-state index contributed by atoms with van der Waals surface area (Å²) in [5.74, 6) is 2.65. The van der Waals surface area contributed by atoms with Gasteiger partial charge in [0, 0.05) is 24.9 Å². The second-order valence-corrected chi connectivity index (χ2v) is 10.1. The van der Waals surface area contributed by atoms with Gasteiger partial charge in [-0.1, -0.05) is 0 Å². The molecule has 8 heteroatoms. The largest absolute Gasteiger partial charge is 0.396 e. The summed E-state index contributed by atoms with van der Waals surface area (Å²) in [5.41, 5.74) is 4.81. The number of anilines is 2. The van der Waals surface area contributed by atoms with E-state index in [0.29, 0.717) is 17.9 Å². The minimum absolute atomic E-state index is 0.255. The molecule has 2 aliphatic rings. The van der Waals surface area contributed by atoms with Gasteiger partial charge in [0.15, 0.2) is 0 Å². The Morgan fingerprint density at radius 2 is 1.81 bits per heavy atom. The van der Waals surface area contributed by atoms with Gasteiger partial charge in [-0.3, -0.25) is 4.98 Å². The molecule has 0 radical (unpaired) electrons. The van der Waals surface area contributed by atoms with Crippen LogP contribution >= 0.6 is 11.3 Å². The van der Waals surface area contributed by atoms with Gasteiger partial charge in [0.1, 0.15) is 16.3 Å². The maximum Gasteiger partial charge on any atom is 0.224 e. The van der Waals surface area contributed by atoms with E-state index in [0.717, 1.165) is 75.4 Å². The molecule has 0 saturated heterocycles. The van der Waals surface area contributed by atoms with Crippen LogP contribution in [-0.4, -0.2) is 44.2 Å². The van der Waals surface area contributed by atoms with Gasteiger partial charge < -0.3 is 15.7 Å². The number of rotatable bonds is 7. The predicted octanol–water partition coefficient (Wildman–Crippen LogP) is 4.47. The molecule has 0 aromatic carbocycles. The predicted molar refractivity (Wildman–Crippen MR) is 126 cm³/mol. The standard InChI is InChI=1S/C23H30N6OS/c1-12-8-18-20(14(3)25-12)28-22(31-18)19-13(2)26-23(24-10-15-4-5-15)29-21(19)27-17-7-6-16(9-17)11-30/h8,15-17,30H,4-7,9-11H2,1-3H3,(H2,24,26,27,29). The summed E-state index contributed by atoms with van der Waals surface area (Å²) in [4.78, 5) is 19.2. The van der Waals surface area contributed by atoms with E-state index in [-0.39, 0.29) is 6.61 Å². The highest BCUT2D eigenvalue weighted by Crippen LogP contribution is 2.38. The van der Waals surface area contributed by atoms with Crippen LogP contribution in [0.5, 0.6) is 0 Å². The lowest BCUT2D eigenvalue weighted by atomic mass is 10.1. The first-order chi connectivity index (χ1) is 15.0. The van der Waals surface area contributed by atoms with Crippen LogP contribution in [0.2, 0.25) is 0 Å². The molecule has 2 unspecified atom stereocenters. The molecule has 164 valence electrons. The van der Waals surface area contributed by atoms with Crippen LogP contribution in [0.15, 0.2) is 6.07 Å². The van der Waals surface area contributed by atoms with E-state index in [2.05, 4.69) is 21.7 Å². The third-order valence-electron chi connectivity index (χ3n) is 6.37. The number of fused-ring (bicyclic) bond motifs is 1. The summed E-state index contributed by atoms with van der Waals surface area (Å²) in [6, 6.07) is 2.41. The van der Waals surface area contributed by atoms with E-state index in [1.807, 2.05) is 20.8 Å². The highest BCUT2D eigenvalue weighted by atomic mass is 32.1. The van der Waals surface area contributed by atoms with Crippen LogP contribution in [0.25, 0.3) is 20.8 Å². The van der Waals surface area contributed by atoms with Gasteiger partial charge >= 0.3 is 0 Å². The first-order valence-electron chi connectivity index (χ1n) is 11.2. The molecule has 0 aliphatic heterocycles. The second-order valence-electron chi connectivity index (χ2n) is 9.10. The topological polar surface area (TPSA) is 95.9 Å². The number of aryl methyl sites for hydroxylation is 3. The summed E-state index contributed by atoms with van der Waals surface area (Å²) in [5, 5.41) is 17.6. The average molecular weight is 439 g/mol. The molecule has 7 nitrogen and oxygen atoms in total. The van der Waals surface area contributed by atoms with Crippen LogP contribution in [0.1, 0.15) is 49.2 Å². The van der Waals surface area contributed by atoms with Gasteiger partial charge in [-0.25, -0.2) is 9.97 Å². The van der Waals surface area contributed by atoms with Gasteiger partial charge in [0.25, 0.3) is 0 Å². The number of nitrogens with zero attached hydrogens (tertiary/aromatic N) is 4. The molecule has 2 saturated carbocycles. The van der Waals surface area contributed by atoms with Crippen molar-refractivity contribution in [1.82, 2.24) is 19.9 Å². The van der Waals surface area contributed by atoms with E-state index in [1.54, 1.807) is 11.3 Å². The molecule has 3 N–H and O–H groups in total. The number of thiazole rings is 1. The van der Waals surface area contributed by atoms with Crippen molar-refractivity contribution in [2.24, 2.45) is 11.8 Å². The minimum Gasteiger partial charge on any atom is -0.396 e. The van der Waals surface area contributed by atoms with Crippen molar-refractivity contribution in [2.75, 3.05) is 23.8 Å². The van der Waals surface area contributed by atoms with Gasteiger partial charge in [0.05, 0.1) is 21.7 Å². The molecule has 3 heterocycles. The Hall–Kier alpha value is -2.32. The molecule has 5 rings (SSSR count). The van der Waals surface area contributed by atoms with Crippen molar-refractivity contribution < 1.29 is 5.11 Å². The first kappa shape index (κ1) is 20.6. The smallest absolute Gasteiger partial charge is 0.224 e. The molecule has 0 spiro atoms. The summed E-state index contributed by atoms with van der Waals surface area (Å²) in [6.45, 7) is 7.26. The monoisotopic (exact) mass is 438 g/mol. The lowest BCUT2D eigenvalue weighted by Crippen LogP contribution is -2.19. The zero-order valence-electron chi connectivity index (χ0n) is 18.4. The van der Waals surface area contributed by atoms with E-state index >= 15 is 0 Å². The van der Waals surface area contributed by atoms with Crippen molar-refractivity contribution in [3.8, 4) is 10.6 Å². The highest BCUT2D eigenvalue weighted by molar-refractivity contribution is 7.21. The van der Waals surface area contributed by atoms with Crippen LogP contribution in [0, 0.1) is 32.6 Å². The van der Waals surface area contributed by atoms with Crippen LogP contribution in [0.3, 0.4) is 0 Å². The Morgan fingerprint density at radius 1 is 1.00 bits per heavy atom. The summed E-state index contributed by atoms with van der Waals surface area (Å²) in [7, 11) is 0. The Bertz CT molecular complexity index is 1110. The van der Waals surface area contributed by atoms with Crippen molar-refractivity contribution in [3.05, 3.63) is 23.1 Å². The summed E-state index contributed by atoms with van der Waals surface area (Å²) >= 11 is 1.67. The molecule has 31 heavy (non-hydrogen) atoms. The molecule has 3 aromatic rings. The number of aliphatic hydroxyl groups excluding tert-OH is 1. The normalized spacial score (nSPS) is 21.0. The quantitative estimate of drug-likeness (QED) is 0.501. The molecule has 0 amide bonds. The molecule has 2 atom stereocenters. The van der Waals surface area contributed by atoms with Gasteiger partial charge in [-0.15, -0.1) is 11.3 Å². The molecule has 0 bridgehead atoms. The number of hydrogen-bond acceptors (Lipinski definition) is 8. The second kappa shape index (κ2) is 8.31. The maximum atomic E-state index is 9.55. The summed E-state index contributed by atoms with van der Waals surface area (Å²) in [6.07, 6.45) is 5.63. The minimum atomic E-state index is 0.255. The van der Waals surface area contributed by atoms with E-state index < -0.39 is 0 Å². The fraction of sp³-hybridized carbons (Fsp3) is 0.565. The zero-order valence-corrected chi connectivity index (χ0v) is 19.2. The lowest BCUT2D eigenvalue weighted by Gasteiger charge is -2.18. The SMILES string of the molecule is Cc1cc2sc(-c3c(C)nc(NCC4CC4)nc3NC3CCC(CO)C3)nc2c(C)n1. The van der Waals surface area contributed by atoms with Crippen LogP contribution in [0.4, 0.5) is 11.8 Å². The maximum absolute atomic E-state index is 9.55. The highest BCUT2D eigenvalue weighted by Gasteiger charge is 2.27. The van der Waals surface area contributed by atoms with Gasteiger partial charge in [-0.2, -0.15) is 4.98 Å². The molecular weight excluding hydrogens is 408 g/mol. The van der Waals surface area contributed by atoms with E-state index in [1.165, 1.54) is 12.8 Å². The zero-order chi connectivity index (χ0) is 21.5. The molecule has 2 fully saturated rings. The van der Waals surface area contributed by atoms with E-state index in [9.17, 15) is 5.11 Å². The molecule has 2 aliphatic carbocycles. The number of pyridine rings is 1. The van der Waals surface area contributed by atoms with Crippen molar-refractivity contribution in [2.45, 2.75) is 58.9 Å². The molecule has 3 aromatic heterocycles. The fourth-order valence-electron chi connectivity index (χ4n) is 4.47. The Balaban J connectivity index is 1.53. The number of nitrogens with one attached hydrogen (secondary N) is 2.